The van der Waals surface area contributed by atoms with E-state index in [1.807, 2.05) is 17.0 Å². The van der Waals surface area contributed by atoms with Crippen LogP contribution >= 0.6 is 0 Å². The molecule has 1 aliphatic heterocycles. The van der Waals surface area contributed by atoms with Crippen LogP contribution in [0.1, 0.15) is 21.5 Å². The molecule has 5 nitrogen and oxygen atoms in total. The third kappa shape index (κ3) is 4.58. The zero-order chi connectivity index (χ0) is 19.4. The predicted molar refractivity (Wildman–Crippen MR) is 94.3 cm³/mol. The van der Waals surface area contributed by atoms with E-state index < -0.39 is 23.2 Å². The van der Waals surface area contributed by atoms with Crippen LogP contribution < -0.4 is 15.5 Å². The Balaban J connectivity index is 1.64. The number of rotatable bonds is 4. The average molecular weight is 377 g/mol. The first kappa shape index (κ1) is 18.8. The van der Waals surface area contributed by atoms with Crippen LogP contribution in [0.2, 0.25) is 0 Å². The predicted octanol–water partition coefficient (Wildman–Crippen LogP) is 2.57. The molecule has 2 aromatic carbocycles. The van der Waals surface area contributed by atoms with Crippen LogP contribution in [0.5, 0.6) is 0 Å². The number of benzene rings is 2. The van der Waals surface area contributed by atoms with Gasteiger partial charge in [-0.2, -0.15) is 13.2 Å². The number of amides is 2. The molecule has 0 saturated carbocycles. The van der Waals surface area contributed by atoms with Gasteiger partial charge in [0.15, 0.2) is 0 Å². The Morgan fingerprint density at radius 3 is 2.48 bits per heavy atom. The quantitative estimate of drug-likeness (QED) is 0.861. The molecule has 1 saturated heterocycles. The monoisotopic (exact) mass is 377 g/mol. The third-order valence-electron chi connectivity index (χ3n) is 4.27. The zero-order valence-corrected chi connectivity index (χ0v) is 14.3. The fraction of sp³-hybridized carbons (Fsp3) is 0.263. The molecule has 0 atom stereocenters. The molecular formula is C19H18F3N3O2. The van der Waals surface area contributed by atoms with E-state index >= 15 is 0 Å². The summed E-state index contributed by atoms with van der Waals surface area (Å²) in [6.07, 6.45) is -4.59. The minimum atomic E-state index is -4.59. The number of alkyl halides is 3. The second kappa shape index (κ2) is 7.69. The maximum absolute atomic E-state index is 13.0. The summed E-state index contributed by atoms with van der Waals surface area (Å²) in [5, 5.41) is 5.27. The molecule has 0 unspecified atom stereocenters. The largest absolute Gasteiger partial charge is 0.417 e. The van der Waals surface area contributed by atoms with E-state index in [0.29, 0.717) is 13.1 Å². The van der Waals surface area contributed by atoms with Crippen LogP contribution in [0.15, 0.2) is 48.5 Å². The van der Waals surface area contributed by atoms with Crippen LogP contribution in [-0.4, -0.2) is 31.4 Å². The number of piperazine rings is 1. The van der Waals surface area contributed by atoms with Crippen LogP contribution in [-0.2, 0) is 17.5 Å². The number of carbonyl (C=O) groups is 2. The summed E-state index contributed by atoms with van der Waals surface area (Å²) >= 11 is 0. The van der Waals surface area contributed by atoms with Gasteiger partial charge in [-0.1, -0.05) is 24.3 Å². The fourth-order valence-corrected chi connectivity index (χ4v) is 2.89. The molecule has 0 bridgehead atoms. The van der Waals surface area contributed by atoms with Crippen molar-refractivity contribution in [3.63, 3.8) is 0 Å². The van der Waals surface area contributed by atoms with Crippen molar-refractivity contribution in [1.29, 1.82) is 0 Å². The lowest BCUT2D eigenvalue weighted by Crippen LogP contribution is -2.47. The highest BCUT2D eigenvalue weighted by atomic mass is 19.4. The molecule has 1 heterocycles. The summed E-state index contributed by atoms with van der Waals surface area (Å²) in [7, 11) is 0. The van der Waals surface area contributed by atoms with Gasteiger partial charge in [0.05, 0.1) is 17.7 Å². The maximum atomic E-state index is 13.0. The van der Waals surface area contributed by atoms with Crippen molar-refractivity contribution < 1.29 is 22.8 Å². The van der Waals surface area contributed by atoms with Gasteiger partial charge in [0.1, 0.15) is 0 Å². The first-order valence-corrected chi connectivity index (χ1v) is 8.39. The topological polar surface area (TPSA) is 61.4 Å². The minimum Gasteiger partial charge on any atom is -0.360 e. The van der Waals surface area contributed by atoms with Crippen molar-refractivity contribution in [1.82, 2.24) is 10.6 Å². The second-order valence-corrected chi connectivity index (χ2v) is 6.16. The molecule has 2 aromatic rings. The van der Waals surface area contributed by atoms with E-state index in [1.165, 1.54) is 12.1 Å². The van der Waals surface area contributed by atoms with Gasteiger partial charge in [-0.05, 0) is 29.8 Å². The van der Waals surface area contributed by atoms with E-state index in [2.05, 4.69) is 10.6 Å². The van der Waals surface area contributed by atoms with Gasteiger partial charge in [0.25, 0.3) is 5.91 Å². The molecule has 8 heteroatoms. The third-order valence-corrected chi connectivity index (χ3v) is 4.27. The molecule has 0 aliphatic carbocycles. The molecule has 1 fully saturated rings. The van der Waals surface area contributed by atoms with E-state index in [9.17, 15) is 22.8 Å². The Hall–Kier alpha value is -3.03. The Bertz CT molecular complexity index is 835. The molecule has 3 rings (SSSR count). The van der Waals surface area contributed by atoms with Crippen molar-refractivity contribution in [3.05, 3.63) is 65.2 Å². The molecule has 2 N–H and O–H groups in total. The number of hydrogen-bond donors (Lipinski definition) is 2. The molecule has 1 aliphatic rings. The van der Waals surface area contributed by atoms with Crippen LogP contribution in [0.25, 0.3) is 0 Å². The van der Waals surface area contributed by atoms with E-state index in [1.54, 1.807) is 12.1 Å². The summed E-state index contributed by atoms with van der Waals surface area (Å²) in [5.74, 6) is -0.819. The molecular weight excluding hydrogens is 359 g/mol. The summed E-state index contributed by atoms with van der Waals surface area (Å²) in [6, 6.07) is 11.9. The van der Waals surface area contributed by atoms with Crippen LogP contribution in [0.4, 0.5) is 18.9 Å². The summed E-state index contributed by atoms with van der Waals surface area (Å²) in [4.78, 5) is 25.5. The SMILES string of the molecule is O=C1CN(c2ccc(CNC(=O)c3ccccc3C(F)(F)F)cc2)CCN1. The molecule has 0 aromatic heterocycles. The van der Waals surface area contributed by atoms with Crippen molar-refractivity contribution in [3.8, 4) is 0 Å². The highest BCUT2D eigenvalue weighted by Crippen LogP contribution is 2.31. The molecule has 2 amide bonds. The second-order valence-electron chi connectivity index (χ2n) is 6.16. The normalized spacial score (nSPS) is 14.6. The Morgan fingerprint density at radius 1 is 1.11 bits per heavy atom. The van der Waals surface area contributed by atoms with Gasteiger partial charge in [-0.15, -0.1) is 0 Å². The highest BCUT2D eigenvalue weighted by molar-refractivity contribution is 5.95. The number of halogens is 3. The Morgan fingerprint density at radius 2 is 1.81 bits per heavy atom. The van der Waals surface area contributed by atoms with Crippen molar-refractivity contribution in [2.75, 3.05) is 24.5 Å². The summed E-state index contributed by atoms with van der Waals surface area (Å²) in [6.45, 7) is 1.67. The van der Waals surface area contributed by atoms with Crippen molar-refractivity contribution in [2.24, 2.45) is 0 Å². The first-order chi connectivity index (χ1) is 12.8. The Kier molecular flexibility index (Phi) is 5.34. The molecule has 27 heavy (non-hydrogen) atoms. The molecule has 0 radical (unpaired) electrons. The lowest BCUT2D eigenvalue weighted by atomic mass is 10.1. The average Bonchev–Trinajstić information content (AvgIpc) is 2.66. The van der Waals surface area contributed by atoms with Gasteiger partial charge in [0, 0.05) is 25.3 Å². The standard InChI is InChI=1S/C19H18F3N3O2/c20-19(21,22)16-4-2-1-3-15(16)18(27)24-11-13-5-7-14(8-6-13)25-10-9-23-17(26)12-25/h1-8H,9-12H2,(H,23,26)(H,24,27). The number of carbonyl (C=O) groups excluding carboxylic acids is 2. The van der Waals surface area contributed by atoms with Gasteiger partial charge < -0.3 is 15.5 Å². The van der Waals surface area contributed by atoms with Crippen molar-refractivity contribution >= 4 is 17.5 Å². The molecule has 142 valence electrons. The van der Waals surface area contributed by atoms with E-state index in [4.69, 9.17) is 0 Å². The number of nitrogens with one attached hydrogen (secondary N) is 2. The van der Waals surface area contributed by atoms with Crippen LogP contribution in [0, 0.1) is 0 Å². The summed E-state index contributed by atoms with van der Waals surface area (Å²) in [5.41, 5.74) is 0.266. The van der Waals surface area contributed by atoms with Crippen LogP contribution in [0.3, 0.4) is 0 Å². The van der Waals surface area contributed by atoms with E-state index in [0.717, 1.165) is 23.4 Å². The smallest absolute Gasteiger partial charge is 0.360 e. The fourth-order valence-electron chi connectivity index (χ4n) is 2.89. The lowest BCUT2D eigenvalue weighted by molar-refractivity contribution is -0.138. The Labute approximate surface area is 154 Å². The zero-order valence-electron chi connectivity index (χ0n) is 14.3. The first-order valence-electron chi connectivity index (χ1n) is 8.39. The molecule has 0 spiro atoms. The van der Waals surface area contributed by atoms with Crippen molar-refractivity contribution in [2.45, 2.75) is 12.7 Å². The highest BCUT2D eigenvalue weighted by Gasteiger charge is 2.34. The van der Waals surface area contributed by atoms with E-state index in [-0.39, 0.29) is 19.0 Å². The van der Waals surface area contributed by atoms with Gasteiger partial charge in [0.2, 0.25) is 5.91 Å². The lowest BCUT2D eigenvalue weighted by Gasteiger charge is -2.28. The number of anilines is 1. The van der Waals surface area contributed by atoms with Gasteiger partial charge in [-0.3, -0.25) is 9.59 Å². The minimum absolute atomic E-state index is 0.0408. The number of hydrogen-bond acceptors (Lipinski definition) is 3. The maximum Gasteiger partial charge on any atom is 0.417 e. The summed E-state index contributed by atoms with van der Waals surface area (Å²) < 4.78 is 39.0. The van der Waals surface area contributed by atoms with Gasteiger partial charge in [-0.25, -0.2) is 0 Å². The number of nitrogens with zero attached hydrogens (tertiary/aromatic N) is 1. The van der Waals surface area contributed by atoms with Gasteiger partial charge >= 0.3 is 6.18 Å².